The molecular weight excluding hydrogens is 804 g/mol. The molecule has 2 aliphatic heterocycles. The third kappa shape index (κ3) is 13.8. The second-order valence-corrected chi connectivity index (χ2v) is 13.6. The van der Waals surface area contributed by atoms with Gasteiger partial charge in [-0.25, -0.2) is 19.6 Å². The quantitative estimate of drug-likeness (QED) is 0.144. The van der Waals surface area contributed by atoms with Gasteiger partial charge in [-0.3, -0.25) is 14.6 Å². The molecular formula is C37H40ClF6N7O7. The van der Waals surface area contributed by atoms with Crippen molar-refractivity contribution in [3.8, 4) is 5.75 Å². The summed E-state index contributed by atoms with van der Waals surface area (Å²) in [5.74, 6) is -3.26. The molecule has 58 heavy (non-hydrogen) atoms. The summed E-state index contributed by atoms with van der Waals surface area (Å²) in [5.41, 5.74) is 3.16. The maximum Gasteiger partial charge on any atom is 0.490 e. The summed E-state index contributed by atoms with van der Waals surface area (Å²) in [6, 6.07) is 9.45. The third-order valence-corrected chi connectivity index (χ3v) is 9.33. The van der Waals surface area contributed by atoms with Crippen LogP contribution in [0, 0.1) is 5.92 Å². The number of amides is 2. The largest absolute Gasteiger partial charge is 0.490 e. The molecule has 0 radical (unpaired) electrons. The molecule has 6 rings (SSSR count). The second-order valence-electron chi connectivity index (χ2n) is 13.2. The monoisotopic (exact) mass is 843 g/mol. The van der Waals surface area contributed by atoms with E-state index in [2.05, 4.69) is 30.9 Å². The second kappa shape index (κ2) is 20.7. The number of pyridine rings is 1. The fourth-order valence-corrected chi connectivity index (χ4v) is 6.33. The predicted molar refractivity (Wildman–Crippen MR) is 198 cm³/mol. The number of anilines is 3. The predicted octanol–water partition coefficient (Wildman–Crippen LogP) is 6.65. The van der Waals surface area contributed by atoms with Crippen molar-refractivity contribution in [2.45, 2.75) is 69.8 Å². The lowest BCUT2D eigenvalue weighted by Crippen LogP contribution is -2.44. The SMILES string of the molecule is O=C(NCCc1cccnc1)C1=Cc2c(ncnc2Nc2ccc(OC3CCN(C(=O)C4CCCC4)CC3)c(Cl)c2)NCC1.O=C(O)C(F)(F)F.O=C(O)C(F)(F)F. The van der Waals surface area contributed by atoms with Crippen LogP contribution in [0.1, 0.15) is 56.1 Å². The number of carbonyl (C=O) groups is 4. The number of hydrogen-bond acceptors (Lipinski definition) is 10. The lowest BCUT2D eigenvalue weighted by Gasteiger charge is -2.33. The number of aliphatic carboxylic acids is 2. The van der Waals surface area contributed by atoms with Crippen molar-refractivity contribution in [3.63, 3.8) is 0 Å². The van der Waals surface area contributed by atoms with Crippen LogP contribution in [0.2, 0.25) is 5.02 Å². The Balaban J connectivity index is 0.000000456. The van der Waals surface area contributed by atoms with Crippen molar-refractivity contribution < 1.29 is 60.5 Å². The number of alkyl halides is 6. The lowest BCUT2D eigenvalue weighted by molar-refractivity contribution is -0.193. The van der Waals surface area contributed by atoms with E-state index >= 15 is 0 Å². The molecule has 1 aromatic carbocycles. The number of likely N-dealkylation sites (tertiary alicyclic amines) is 1. The van der Waals surface area contributed by atoms with E-state index in [1.807, 2.05) is 47.5 Å². The highest BCUT2D eigenvalue weighted by molar-refractivity contribution is 6.32. The molecule has 2 fully saturated rings. The van der Waals surface area contributed by atoms with Crippen molar-refractivity contribution in [2.75, 3.05) is 36.8 Å². The molecule has 4 heterocycles. The molecule has 1 aliphatic carbocycles. The Morgan fingerprint density at radius 1 is 0.948 bits per heavy atom. The van der Waals surface area contributed by atoms with E-state index in [9.17, 15) is 35.9 Å². The molecule has 0 bridgehead atoms. The summed E-state index contributed by atoms with van der Waals surface area (Å²) in [7, 11) is 0. The number of ether oxygens (including phenoxy) is 1. The van der Waals surface area contributed by atoms with Gasteiger partial charge in [-0.2, -0.15) is 26.3 Å². The van der Waals surface area contributed by atoms with Crippen molar-refractivity contribution >= 4 is 58.8 Å². The van der Waals surface area contributed by atoms with Crippen LogP contribution in [0.3, 0.4) is 0 Å². The molecule has 5 N–H and O–H groups in total. The van der Waals surface area contributed by atoms with Crippen LogP contribution < -0.4 is 20.7 Å². The molecule has 2 amide bonds. The van der Waals surface area contributed by atoms with Gasteiger partial charge in [0, 0.05) is 68.6 Å². The minimum absolute atomic E-state index is 0.0155. The number of rotatable bonds is 9. The van der Waals surface area contributed by atoms with Crippen molar-refractivity contribution in [2.24, 2.45) is 5.92 Å². The maximum absolute atomic E-state index is 13.0. The van der Waals surface area contributed by atoms with Crippen LogP contribution in [0.5, 0.6) is 5.75 Å². The van der Waals surface area contributed by atoms with Gasteiger partial charge in [0.15, 0.2) is 0 Å². The Morgan fingerprint density at radius 2 is 1.60 bits per heavy atom. The molecule has 14 nitrogen and oxygen atoms in total. The third-order valence-electron chi connectivity index (χ3n) is 9.03. The van der Waals surface area contributed by atoms with E-state index < -0.39 is 24.3 Å². The summed E-state index contributed by atoms with van der Waals surface area (Å²) >= 11 is 6.66. The highest BCUT2D eigenvalue weighted by Crippen LogP contribution is 2.34. The fourth-order valence-electron chi connectivity index (χ4n) is 6.11. The van der Waals surface area contributed by atoms with Crippen molar-refractivity contribution in [1.82, 2.24) is 25.2 Å². The molecule has 1 saturated carbocycles. The molecule has 3 aromatic rings. The Hall–Kier alpha value is -5.66. The number of hydrogen-bond donors (Lipinski definition) is 5. The van der Waals surface area contributed by atoms with E-state index in [4.69, 9.17) is 36.1 Å². The lowest BCUT2D eigenvalue weighted by atomic mass is 10.0. The number of aromatic nitrogens is 3. The smallest absolute Gasteiger partial charge is 0.489 e. The maximum atomic E-state index is 13.0. The standard InChI is InChI=1S/C33H38ClN7O3.2C2HF3O2/c34-28-19-25(7-8-29(28)44-26-11-16-41(17-12-26)33(43)23-5-1-2-6-23)40-31-27-18-24(10-15-36-30(27)38-21-39-31)32(42)37-14-9-22-4-3-13-35-20-22;2*3-2(4,5)1(6)7/h3-4,7-8,13,18-21,23,26H,1-2,5-6,9-12,14-17H2,(H,37,42)(H2,36,38,39,40);2*(H,6,7). The van der Waals surface area contributed by atoms with E-state index in [-0.39, 0.29) is 17.9 Å². The van der Waals surface area contributed by atoms with Crippen LogP contribution in [0.15, 0.2) is 54.6 Å². The fraction of sp³-hybridized carbons (Fsp3) is 0.432. The Morgan fingerprint density at radius 3 is 2.19 bits per heavy atom. The molecule has 2 aromatic heterocycles. The van der Waals surface area contributed by atoms with E-state index in [0.29, 0.717) is 65.4 Å². The highest BCUT2D eigenvalue weighted by atomic mass is 35.5. The van der Waals surface area contributed by atoms with Gasteiger partial charge in [0.1, 0.15) is 29.8 Å². The molecule has 0 atom stereocenters. The number of halogens is 7. The summed E-state index contributed by atoms with van der Waals surface area (Å²) in [6.07, 6.45) is 3.96. The van der Waals surface area contributed by atoms with Gasteiger partial charge in [0.05, 0.1) is 10.6 Å². The zero-order chi connectivity index (χ0) is 42.5. The molecule has 314 valence electrons. The van der Waals surface area contributed by atoms with Gasteiger partial charge in [-0.1, -0.05) is 30.5 Å². The van der Waals surface area contributed by atoms with Gasteiger partial charge in [-0.15, -0.1) is 0 Å². The molecule has 0 spiro atoms. The minimum Gasteiger partial charge on any atom is -0.489 e. The topological polar surface area (TPSA) is 196 Å². The van der Waals surface area contributed by atoms with Crippen molar-refractivity contribution in [1.29, 1.82) is 0 Å². The van der Waals surface area contributed by atoms with E-state index in [1.165, 1.54) is 19.2 Å². The van der Waals surface area contributed by atoms with Gasteiger partial charge in [0.2, 0.25) is 11.8 Å². The Kier molecular flexibility index (Phi) is 16.1. The van der Waals surface area contributed by atoms with E-state index in [1.54, 1.807) is 6.20 Å². The average Bonchev–Trinajstić information content (AvgIpc) is 3.63. The van der Waals surface area contributed by atoms with Crippen LogP contribution >= 0.6 is 11.6 Å². The zero-order valence-corrected chi connectivity index (χ0v) is 31.5. The first-order valence-corrected chi connectivity index (χ1v) is 18.4. The Bertz CT molecular complexity index is 1900. The first kappa shape index (κ1) is 45.0. The van der Waals surface area contributed by atoms with Crippen LogP contribution in [0.4, 0.5) is 43.7 Å². The summed E-state index contributed by atoms with van der Waals surface area (Å²) in [5, 5.41) is 24.4. The van der Waals surface area contributed by atoms with Crippen LogP contribution in [-0.2, 0) is 25.6 Å². The molecule has 1 saturated heterocycles. The Labute approximate surface area is 333 Å². The van der Waals surface area contributed by atoms with Gasteiger partial charge >= 0.3 is 24.3 Å². The summed E-state index contributed by atoms with van der Waals surface area (Å²) < 4.78 is 69.7. The number of carboxylic acid groups (broad SMARTS) is 2. The number of benzene rings is 1. The van der Waals surface area contributed by atoms with Crippen molar-refractivity contribution in [3.05, 3.63) is 70.8 Å². The van der Waals surface area contributed by atoms with Gasteiger partial charge < -0.3 is 35.8 Å². The molecule has 21 heteroatoms. The van der Waals surface area contributed by atoms with E-state index in [0.717, 1.165) is 50.0 Å². The summed E-state index contributed by atoms with van der Waals surface area (Å²) in [6.45, 7) is 2.55. The zero-order valence-electron chi connectivity index (χ0n) is 30.7. The number of piperidine rings is 1. The first-order valence-electron chi connectivity index (χ1n) is 18.0. The number of carboxylic acids is 2. The van der Waals surface area contributed by atoms with Crippen LogP contribution in [-0.4, -0.2) is 98.5 Å². The van der Waals surface area contributed by atoms with Gasteiger partial charge in [0.25, 0.3) is 0 Å². The number of carbonyl (C=O) groups excluding carboxylic acids is 2. The minimum atomic E-state index is -5.08. The average molecular weight is 844 g/mol. The number of fused-ring (bicyclic) bond motifs is 1. The highest BCUT2D eigenvalue weighted by Gasteiger charge is 2.39. The molecule has 0 unspecified atom stereocenters. The first-order chi connectivity index (χ1) is 27.4. The summed E-state index contributed by atoms with van der Waals surface area (Å²) in [4.78, 5) is 58.6. The number of nitrogens with zero attached hydrogens (tertiary/aromatic N) is 4. The number of nitrogens with one attached hydrogen (secondary N) is 3. The normalized spacial score (nSPS) is 15.8. The van der Waals surface area contributed by atoms with Crippen LogP contribution in [0.25, 0.3) is 6.08 Å². The molecule has 3 aliphatic rings. The van der Waals surface area contributed by atoms with Gasteiger partial charge in [-0.05, 0) is 61.6 Å².